The molecule has 1 heterocycles. The van der Waals surface area contributed by atoms with E-state index in [9.17, 15) is 9.59 Å². The van der Waals surface area contributed by atoms with E-state index in [4.69, 9.17) is 16.3 Å². The molecule has 6 heteroatoms. The van der Waals surface area contributed by atoms with Gasteiger partial charge in [-0.15, -0.1) is 0 Å². The van der Waals surface area contributed by atoms with Crippen LogP contribution < -0.4 is 9.47 Å². The van der Waals surface area contributed by atoms with Crippen molar-refractivity contribution >= 4 is 24.0 Å². The highest BCUT2D eigenvalue weighted by molar-refractivity contribution is 6.30. The van der Waals surface area contributed by atoms with Gasteiger partial charge in [0.1, 0.15) is 11.5 Å². The second kappa shape index (κ2) is 8.71. The van der Waals surface area contributed by atoms with Gasteiger partial charge in [0.2, 0.25) is 0 Å². The van der Waals surface area contributed by atoms with Crippen molar-refractivity contribution < 1.29 is 19.1 Å². The molecule has 0 fully saturated rings. The lowest BCUT2D eigenvalue weighted by Gasteiger charge is -2.02. The Morgan fingerprint density at radius 1 is 1.29 bits per heavy atom. The molecule has 21 heavy (non-hydrogen) atoms. The highest BCUT2D eigenvalue weighted by Gasteiger charge is 1.99. The number of hydrogen-bond acceptors (Lipinski definition) is 5. The lowest BCUT2D eigenvalue weighted by molar-refractivity contribution is -0.132. The first-order chi connectivity index (χ1) is 10.0. The quantitative estimate of drug-likeness (QED) is 0.495. The van der Waals surface area contributed by atoms with Gasteiger partial charge in [0.25, 0.3) is 6.47 Å². The molecule has 110 valence electrons. The van der Waals surface area contributed by atoms with Gasteiger partial charge in [-0.05, 0) is 18.6 Å². The van der Waals surface area contributed by atoms with Gasteiger partial charge in [-0.2, -0.15) is 0 Å². The molecular weight excluding hydrogens is 294 g/mol. The van der Waals surface area contributed by atoms with Crippen LogP contribution in [0, 0.1) is 6.92 Å². The maximum absolute atomic E-state index is 10.5. The summed E-state index contributed by atoms with van der Waals surface area (Å²) in [6, 6.07) is 8.92. The number of nitrogens with zero attached hydrogens (tertiary/aromatic N) is 1. The molecule has 0 unspecified atom stereocenters. The largest absolute Gasteiger partial charge is 0.427 e. The predicted molar refractivity (Wildman–Crippen MR) is 78.4 cm³/mol. The average Bonchev–Trinajstić information content (AvgIpc) is 2.42. The highest BCUT2D eigenvalue weighted by Crippen LogP contribution is 2.16. The molecule has 0 spiro atoms. The summed E-state index contributed by atoms with van der Waals surface area (Å²) >= 11 is 5.52. The van der Waals surface area contributed by atoms with Gasteiger partial charge >= 0.3 is 5.97 Å². The standard InChI is InChI=1S/C9H10O2.C6H4ClNO2/c1-7-5-3-4-6-9(7)11-8(2)10;7-5-1-6(10-4-9)3-8-2-5/h3-6H,1-2H3;1-4H. The lowest BCUT2D eigenvalue weighted by atomic mass is 10.2. The van der Waals surface area contributed by atoms with Crippen LogP contribution in [0.1, 0.15) is 12.5 Å². The second-order valence-electron chi connectivity index (χ2n) is 3.91. The maximum atomic E-state index is 10.5. The Kier molecular flexibility index (Phi) is 6.91. The molecule has 0 bridgehead atoms. The molecule has 0 aliphatic heterocycles. The molecule has 0 radical (unpaired) electrons. The van der Waals surface area contributed by atoms with E-state index in [0.717, 1.165) is 5.56 Å². The van der Waals surface area contributed by atoms with Crippen molar-refractivity contribution in [1.29, 1.82) is 0 Å². The molecule has 1 aromatic carbocycles. The Morgan fingerprint density at radius 2 is 2.00 bits per heavy atom. The van der Waals surface area contributed by atoms with Gasteiger partial charge in [0.15, 0.2) is 0 Å². The van der Waals surface area contributed by atoms with Gasteiger partial charge < -0.3 is 9.47 Å². The Balaban J connectivity index is 0.000000211. The van der Waals surface area contributed by atoms with Crippen LogP contribution in [-0.2, 0) is 9.59 Å². The van der Waals surface area contributed by atoms with E-state index in [0.29, 0.717) is 23.0 Å². The van der Waals surface area contributed by atoms with E-state index in [-0.39, 0.29) is 5.97 Å². The van der Waals surface area contributed by atoms with E-state index in [1.807, 2.05) is 25.1 Å². The fourth-order valence-corrected chi connectivity index (χ4v) is 1.50. The molecule has 1 aromatic heterocycles. The van der Waals surface area contributed by atoms with Gasteiger partial charge in [0.05, 0.1) is 11.2 Å². The first-order valence-corrected chi connectivity index (χ1v) is 6.35. The number of aromatic nitrogens is 1. The Hall–Kier alpha value is -2.40. The monoisotopic (exact) mass is 307 g/mol. The summed E-state index contributed by atoms with van der Waals surface area (Å²) in [5, 5.41) is 0.444. The fraction of sp³-hybridized carbons (Fsp3) is 0.133. The van der Waals surface area contributed by atoms with Crippen LogP contribution in [0.5, 0.6) is 11.5 Å². The number of aryl methyl sites for hydroxylation is 1. The summed E-state index contributed by atoms with van der Waals surface area (Å²) in [6.07, 6.45) is 2.86. The minimum absolute atomic E-state index is 0.278. The van der Waals surface area contributed by atoms with Gasteiger partial charge in [-0.25, -0.2) is 0 Å². The van der Waals surface area contributed by atoms with Crippen molar-refractivity contribution in [2.75, 3.05) is 0 Å². The predicted octanol–water partition coefficient (Wildman–Crippen LogP) is 3.19. The van der Waals surface area contributed by atoms with E-state index in [1.165, 1.54) is 25.4 Å². The third-order valence-corrected chi connectivity index (χ3v) is 2.42. The van der Waals surface area contributed by atoms with Crippen molar-refractivity contribution in [1.82, 2.24) is 4.98 Å². The first kappa shape index (κ1) is 16.7. The number of hydrogen-bond donors (Lipinski definition) is 0. The van der Waals surface area contributed by atoms with Crippen molar-refractivity contribution in [2.45, 2.75) is 13.8 Å². The van der Waals surface area contributed by atoms with Crippen molar-refractivity contribution in [2.24, 2.45) is 0 Å². The summed E-state index contributed by atoms with van der Waals surface area (Å²) in [7, 11) is 0. The summed E-state index contributed by atoms with van der Waals surface area (Å²) < 4.78 is 9.37. The topological polar surface area (TPSA) is 65.5 Å². The molecule has 0 amide bonds. The van der Waals surface area contributed by atoms with E-state index < -0.39 is 0 Å². The Morgan fingerprint density at radius 3 is 2.57 bits per heavy atom. The van der Waals surface area contributed by atoms with Crippen molar-refractivity contribution in [3.05, 3.63) is 53.3 Å². The highest BCUT2D eigenvalue weighted by atomic mass is 35.5. The zero-order valence-corrected chi connectivity index (χ0v) is 12.3. The zero-order valence-electron chi connectivity index (χ0n) is 11.6. The third-order valence-electron chi connectivity index (χ3n) is 2.21. The zero-order chi connectivity index (χ0) is 15.7. The number of para-hydroxylation sites is 1. The van der Waals surface area contributed by atoms with Crippen LogP contribution in [0.4, 0.5) is 0 Å². The number of rotatable bonds is 3. The summed E-state index contributed by atoms with van der Waals surface area (Å²) in [5.41, 5.74) is 0.975. The number of benzene rings is 1. The Labute approximate surface area is 127 Å². The maximum Gasteiger partial charge on any atom is 0.308 e. The smallest absolute Gasteiger partial charge is 0.308 e. The van der Waals surface area contributed by atoms with Crippen LogP contribution in [0.3, 0.4) is 0 Å². The summed E-state index contributed by atoms with van der Waals surface area (Å²) in [5.74, 6) is 0.710. The minimum atomic E-state index is -0.278. The third kappa shape index (κ3) is 6.54. The number of carbonyl (C=O) groups is 2. The molecule has 0 N–H and O–H groups in total. The fourth-order valence-electron chi connectivity index (χ4n) is 1.34. The SMILES string of the molecule is CC(=O)Oc1ccccc1C.O=COc1cncc(Cl)c1. The van der Waals surface area contributed by atoms with Crippen LogP contribution in [0.25, 0.3) is 0 Å². The summed E-state index contributed by atoms with van der Waals surface area (Å²) in [4.78, 5) is 24.0. The number of pyridine rings is 1. The van der Waals surface area contributed by atoms with Crippen LogP contribution >= 0.6 is 11.6 Å². The minimum Gasteiger partial charge on any atom is -0.427 e. The second-order valence-corrected chi connectivity index (χ2v) is 4.35. The molecule has 5 nitrogen and oxygen atoms in total. The average molecular weight is 308 g/mol. The molecule has 2 aromatic rings. The van der Waals surface area contributed by atoms with Gasteiger partial charge in [-0.3, -0.25) is 14.6 Å². The van der Waals surface area contributed by atoms with Gasteiger partial charge in [-0.1, -0.05) is 29.8 Å². The molecule has 2 rings (SSSR count). The van der Waals surface area contributed by atoms with Crippen LogP contribution in [0.2, 0.25) is 5.02 Å². The van der Waals surface area contributed by atoms with Crippen molar-refractivity contribution in [3.8, 4) is 11.5 Å². The van der Waals surface area contributed by atoms with E-state index in [1.54, 1.807) is 6.07 Å². The molecular formula is C15H14ClNO4. The van der Waals surface area contributed by atoms with E-state index in [2.05, 4.69) is 9.72 Å². The molecule has 0 aliphatic carbocycles. The molecule has 0 saturated heterocycles. The number of ether oxygens (including phenoxy) is 2. The summed E-state index contributed by atoms with van der Waals surface area (Å²) in [6.45, 7) is 3.62. The van der Waals surface area contributed by atoms with Crippen LogP contribution in [0.15, 0.2) is 42.7 Å². The number of halogens is 1. The molecule has 0 atom stereocenters. The normalized spacial score (nSPS) is 9.10. The number of esters is 1. The Bertz CT molecular complexity index is 616. The van der Waals surface area contributed by atoms with Crippen LogP contribution in [-0.4, -0.2) is 17.4 Å². The van der Waals surface area contributed by atoms with E-state index >= 15 is 0 Å². The van der Waals surface area contributed by atoms with Gasteiger partial charge in [0, 0.05) is 19.2 Å². The number of carbonyl (C=O) groups excluding carboxylic acids is 2. The first-order valence-electron chi connectivity index (χ1n) is 5.98. The lowest BCUT2D eigenvalue weighted by Crippen LogP contribution is -2.02. The van der Waals surface area contributed by atoms with Crippen molar-refractivity contribution in [3.63, 3.8) is 0 Å². The molecule has 0 saturated carbocycles. The molecule has 0 aliphatic rings.